The molecule has 88 valence electrons. The van der Waals surface area contributed by atoms with Crippen molar-refractivity contribution in [1.29, 1.82) is 0 Å². The van der Waals surface area contributed by atoms with Gasteiger partial charge < -0.3 is 9.74 Å². The molecule has 0 bridgehead atoms. The Balaban J connectivity index is 3.70. The summed E-state index contributed by atoms with van der Waals surface area (Å²) in [5.74, 6) is 4.32. The van der Waals surface area contributed by atoms with Crippen molar-refractivity contribution in [2.45, 2.75) is 6.42 Å². The molecule has 0 saturated carbocycles. The van der Waals surface area contributed by atoms with Gasteiger partial charge in [-0.25, -0.2) is 5.84 Å². The molecule has 0 aliphatic rings. The zero-order valence-corrected chi connectivity index (χ0v) is 9.32. The van der Waals surface area contributed by atoms with Crippen LogP contribution in [0.5, 0.6) is 0 Å². The number of carbonyl (C=O) groups is 2. The standard InChI is InChI=1S/C8H18N4O3/c1-11(2)7(13)6-12(3)5-4-8(14)15-10-9/h10H,4-6,9H2,1-3H3. The Bertz CT molecular complexity index is 220. The second-order valence-corrected chi connectivity index (χ2v) is 3.37. The first kappa shape index (κ1) is 13.8. The number of amides is 1. The summed E-state index contributed by atoms with van der Waals surface area (Å²) in [5, 5.41) is 0. The van der Waals surface area contributed by atoms with Gasteiger partial charge >= 0.3 is 5.97 Å². The number of rotatable bonds is 6. The number of hydrogen-bond donors (Lipinski definition) is 2. The zero-order chi connectivity index (χ0) is 11.8. The number of carbonyl (C=O) groups excluding carboxylic acids is 2. The minimum absolute atomic E-state index is 0.0113. The molecule has 0 heterocycles. The highest BCUT2D eigenvalue weighted by Crippen LogP contribution is 1.91. The Kier molecular flexibility index (Phi) is 6.59. The number of hydrazine groups is 1. The van der Waals surface area contributed by atoms with Crippen molar-refractivity contribution in [3.63, 3.8) is 0 Å². The van der Waals surface area contributed by atoms with Gasteiger partial charge in [-0.05, 0) is 7.05 Å². The summed E-state index contributed by atoms with van der Waals surface area (Å²) in [6.45, 7) is 0.719. The van der Waals surface area contributed by atoms with Crippen molar-refractivity contribution >= 4 is 11.9 Å². The van der Waals surface area contributed by atoms with E-state index in [4.69, 9.17) is 5.84 Å². The van der Waals surface area contributed by atoms with Crippen molar-refractivity contribution in [2.75, 3.05) is 34.2 Å². The van der Waals surface area contributed by atoms with Crippen LogP contribution >= 0.6 is 0 Å². The molecular weight excluding hydrogens is 200 g/mol. The lowest BCUT2D eigenvalue weighted by Crippen LogP contribution is -2.36. The molecule has 0 unspecified atom stereocenters. The van der Waals surface area contributed by atoms with Crippen molar-refractivity contribution < 1.29 is 14.4 Å². The normalized spacial score (nSPS) is 10.2. The van der Waals surface area contributed by atoms with E-state index in [9.17, 15) is 9.59 Å². The Hall–Kier alpha value is -1.18. The maximum Gasteiger partial charge on any atom is 0.327 e. The molecule has 0 aromatic heterocycles. The molecule has 0 saturated heterocycles. The summed E-state index contributed by atoms with van der Waals surface area (Å²) >= 11 is 0. The van der Waals surface area contributed by atoms with Gasteiger partial charge in [0.1, 0.15) is 0 Å². The Morgan fingerprint density at radius 1 is 1.33 bits per heavy atom. The van der Waals surface area contributed by atoms with Crippen LogP contribution in [0.2, 0.25) is 0 Å². The molecule has 0 atom stereocenters. The van der Waals surface area contributed by atoms with Crippen LogP contribution in [0.15, 0.2) is 0 Å². The highest BCUT2D eigenvalue weighted by molar-refractivity contribution is 5.77. The van der Waals surface area contributed by atoms with Crippen LogP contribution in [0.1, 0.15) is 6.42 Å². The van der Waals surface area contributed by atoms with Gasteiger partial charge in [0.15, 0.2) is 0 Å². The van der Waals surface area contributed by atoms with Crippen LogP contribution in [-0.4, -0.2) is 55.9 Å². The van der Waals surface area contributed by atoms with Crippen molar-refractivity contribution in [2.24, 2.45) is 5.84 Å². The largest absolute Gasteiger partial charge is 0.356 e. The summed E-state index contributed by atoms with van der Waals surface area (Å²) in [7, 11) is 5.12. The zero-order valence-electron chi connectivity index (χ0n) is 9.32. The van der Waals surface area contributed by atoms with Gasteiger partial charge in [0, 0.05) is 20.6 Å². The smallest absolute Gasteiger partial charge is 0.327 e. The lowest BCUT2D eigenvalue weighted by molar-refractivity contribution is -0.151. The summed E-state index contributed by atoms with van der Waals surface area (Å²) in [5.41, 5.74) is 1.81. The number of nitrogens with two attached hydrogens (primary N) is 1. The molecule has 0 rings (SSSR count). The minimum atomic E-state index is -0.457. The Labute approximate surface area is 89.1 Å². The molecule has 7 heteroatoms. The van der Waals surface area contributed by atoms with Gasteiger partial charge in [-0.3, -0.25) is 14.5 Å². The SMILES string of the molecule is CN(CCC(=O)ONN)CC(=O)N(C)C. The Morgan fingerprint density at radius 3 is 2.40 bits per heavy atom. The van der Waals surface area contributed by atoms with E-state index < -0.39 is 5.97 Å². The third-order valence-corrected chi connectivity index (χ3v) is 1.77. The highest BCUT2D eigenvalue weighted by Gasteiger charge is 2.10. The fourth-order valence-corrected chi connectivity index (χ4v) is 0.850. The van der Waals surface area contributed by atoms with Gasteiger partial charge in [-0.2, -0.15) is 0 Å². The van der Waals surface area contributed by atoms with E-state index >= 15 is 0 Å². The average molecular weight is 218 g/mol. The monoisotopic (exact) mass is 218 g/mol. The second kappa shape index (κ2) is 7.16. The van der Waals surface area contributed by atoms with E-state index in [1.165, 1.54) is 4.90 Å². The van der Waals surface area contributed by atoms with E-state index in [0.717, 1.165) is 0 Å². The van der Waals surface area contributed by atoms with Gasteiger partial charge in [-0.1, -0.05) is 5.59 Å². The molecule has 0 fully saturated rings. The quantitative estimate of drug-likeness (QED) is 0.409. The van der Waals surface area contributed by atoms with Gasteiger partial charge in [-0.15, -0.1) is 0 Å². The van der Waals surface area contributed by atoms with Crippen LogP contribution in [-0.2, 0) is 14.4 Å². The van der Waals surface area contributed by atoms with Crippen LogP contribution < -0.4 is 11.4 Å². The molecule has 1 amide bonds. The third-order valence-electron chi connectivity index (χ3n) is 1.77. The van der Waals surface area contributed by atoms with Gasteiger partial charge in [0.05, 0.1) is 13.0 Å². The van der Waals surface area contributed by atoms with E-state index in [1.54, 1.807) is 31.6 Å². The molecular formula is C8H18N4O3. The van der Waals surface area contributed by atoms with Crippen molar-refractivity contribution in [3.05, 3.63) is 0 Å². The van der Waals surface area contributed by atoms with Gasteiger partial charge in [0.25, 0.3) is 0 Å². The molecule has 7 nitrogen and oxygen atoms in total. The van der Waals surface area contributed by atoms with E-state index in [0.29, 0.717) is 6.54 Å². The Morgan fingerprint density at radius 2 is 1.93 bits per heavy atom. The van der Waals surface area contributed by atoms with Gasteiger partial charge in [0.2, 0.25) is 5.91 Å². The number of likely N-dealkylation sites (N-methyl/N-ethyl adjacent to an activating group) is 2. The number of hydrogen-bond acceptors (Lipinski definition) is 6. The lowest BCUT2D eigenvalue weighted by atomic mass is 10.4. The molecule has 0 aromatic carbocycles. The fraction of sp³-hybridized carbons (Fsp3) is 0.750. The van der Waals surface area contributed by atoms with E-state index in [1.807, 2.05) is 0 Å². The van der Waals surface area contributed by atoms with E-state index in [2.05, 4.69) is 4.84 Å². The van der Waals surface area contributed by atoms with E-state index in [-0.39, 0.29) is 18.9 Å². The summed E-state index contributed by atoms with van der Waals surface area (Å²) in [6.07, 6.45) is 0.182. The first-order chi connectivity index (χ1) is 6.97. The lowest BCUT2D eigenvalue weighted by Gasteiger charge is -2.18. The van der Waals surface area contributed by atoms with Crippen LogP contribution in [0.3, 0.4) is 0 Å². The first-order valence-corrected chi connectivity index (χ1v) is 4.51. The number of nitrogens with one attached hydrogen (secondary N) is 1. The molecule has 0 aliphatic carbocycles. The average Bonchev–Trinajstić information content (AvgIpc) is 2.15. The molecule has 0 aliphatic heterocycles. The van der Waals surface area contributed by atoms with Crippen LogP contribution in [0, 0.1) is 0 Å². The molecule has 3 N–H and O–H groups in total. The topological polar surface area (TPSA) is 87.9 Å². The molecule has 15 heavy (non-hydrogen) atoms. The maximum atomic E-state index is 11.3. The van der Waals surface area contributed by atoms with Crippen molar-refractivity contribution in [1.82, 2.24) is 15.4 Å². The fourth-order valence-electron chi connectivity index (χ4n) is 0.850. The first-order valence-electron chi connectivity index (χ1n) is 4.51. The maximum absolute atomic E-state index is 11.3. The summed E-state index contributed by atoms with van der Waals surface area (Å²) in [6, 6.07) is 0. The predicted octanol–water partition coefficient (Wildman–Crippen LogP) is -1.68. The molecule has 0 radical (unpaired) electrons. The summed E-state index contributed by atoms with van der Waals surface area (Å²) < 4.78 is 0. The molecule has 0 aromatic rings. The van der Waals surface area contributed by atoms with Crippen LogP contribution in [0.25, 0.3) is 0 Å². The van der Waals surface area contributed by atoms with Crippen molar-refractivity contribution in [3.8, 4) is 0 Å². The van der Waals surface area contributed by atoms with Crippen LogP contribution in [0.4, 0.5) is 0 Å². The second-order valence-electron chi connectivity index (χ2n) is 3.37. The third kappa shape index (κ3) is 6.83. The highest BCUT2D eigenvalue weighted by atomic mass is 16.7. The summed E-state index contributed by atoms with van der Waals surface area (Å²) in [4.78, 5) is 29.7. The predicted molar refractivity (Wildman–Crippen MR) is 54.2 cm³/mol. The minimum Gasteiger partial charge on any atom is -0.356 e. The number of nitrogens with zero attached hydrogens (tertiary/aromatic N) is 2. The molecule has 0 spiro atoms.